The zero-order valence-electron chi connectivity index (χ0n) is 11.0. The fraction of sp³-hybridized carbons (Fsp3) is 0.357. The minimum Gasteiger partial charge on any atom is -0.375 e. The van der Waals surface area contributed by atoms with E-state index < -0.39 is 0 Å². The van der Waals surface area contributed by atoms with Crippen molar-refractivity contribution >= 4 is 16.5 Å². The summed E-state index contributed by atoms with van der Waals surface area (Å²) in [4.78, 5) is 5.22. The maximum Gasteiger partial charge on any atom is 0.180 e. The summed E-state index contributed by atoms with van der Waals surface area (Å²) < 4.78 is 0. The maximum absolute atomic E-state index is 5.63. The summed E-state index contributed by atoms with van der Waals surface area (Å²) in [5, 5.41) is 4.17. The molecule has 3 nitrogen and oxygen atoms in total. The van der Waals surface area contributed by atoms with Crippen molar-refractivity contribution in [2.45, 2.75) is 32.9 Å². The first-order valence-electron chi connectivity index (χ1n) is 6.00. The number of aromatic nitrogens is 1. The molecule has 0 amide bonds. The monoisotopic (exact) mass is 261 g/mol. The summed E-state index contributed by atoms with van der Waals surface area (Å²) in [6.45, 7) is 7.28. The van der Waals surface area contributed by atoms with E-state index in [0.717, 1.165) is 11.4 Å². The zero-order valence-corrected chi connectivity index (χ0v) is 11.8. The quantitative estimate of drug-likeness (QED) is 0.889. The number of aryl methyl sites for hydroxylation is 1. The van der Waals surface area contributed by atoms with Gasteiger partial charge in [-0.2, -0.15) is 0 Å². The van der Waals surface area contributed by atoms with E-state index in [1.165, 1.54) is 22.5 Å². The highest BCUT2D eigenvalue weighted by Crippen LogP contribution is 2.22. The number of anilines is 1. The highest BCUT2D eigenvalue weighted by atomic mass is 32.1. The molecule has 0 aliphatic carbocycles. The third-order valence-corrected chi connectivity index (χ3v) is 3.84. The van der Waals surface area contributed by atoms with Crippen molar-refractivity contribution in [2.24, 2.45) is 0 Å². The Morgan fingerprint density at radius 2 is 2.17 bits per heavy atom. The first kappa shape index (κ1) is 13.1. The number of thiazole rings is 1. The van der Waals surface area contributed by atoms with Crippen molar-refractivity contribution in [3.8, 4) is 0 Å². The van der Waals surface area contributed by atoms with Gasteiger partial charge in [0.25, 0.3) is 0 Å². The van der Waals surface area contributed by atoms with Crippen LogP contribution in [0.2, 0.25) is 0 Å². The molecule has 1 aromatic carbocycles. The molecule has 0 saturated heterocycles. The predicted octanol–water partition coefficient (Wildman–Crippen LogP) is 3.06. The third-order valence-electron chi connectivity index (χ3n) is 3.02. The molecule has 96 valence electrons. The van der Waals surface area contributed by atoms with Gasteiger partial charge in [-0.1, -0.05) is 29.8 Å². The topological polar surface area (TPSA) is 50.9 Å². The summed E-state index contributed by atoms with van der Waals surface area (Å²) in [5.41, 5.74) is 8.14. The van der Waals surface area contributed by atoms with Crippen molar-refractivity contribution in [2.75, 3.05) is 5.73 Å². The van der Waals surface area contributed by atoms with Crippen LogP contribution in [0.1, 0.15) is 29.9 Å². The van der Waals surface area contributed by atoms with Crippen molar-refractivity contribution in [3.05, 3.63) is 46.5 Å². The number of hydrogen-bond acceptors (Lipinski definition) is 4. The molecule has 4 heteroatoms. The van der Waals surface area contributed by atoms with Crippen molar-refractivity contribution in [3.63, 3.8) is 0 Å². The molecule has 18 heavy (non-hydrogen) atoms. The first-order chi connectivity index (χ1) is 8.47. The van der Waals surface area contributed by atoms with Gasteiger partial charge in [0.1, 0.15) is 0 Å². The molecule has 0 saturated carbocycles. The fourth-order valence-electron chi connectivity index (χ4n) is 1.85. The van der Waals surface area contributed by atoms with Gasteiger partial charge in [-0.3, -0.25) is 0 Å². The van der Waals surface area contributed by atoms with E-state index in [1.807, 2.05) is 6.20 Å². The van der Waals surface area contributed by atoms with Crippen LogP contribution in [-0.2, 0) is 12.1 Å². The molecule has 2 rings (SSSR count). The molecule has 0 aliphatic rings. The van der Waals surface area contributed by atoms with Gasteiger partial charge in [0, 0.05) is 23.2 Å². The van der Waals surface area contributed by atoms with Crippen LogP contribution in [0.15, 0.2) is 30.5 Å². The number of nitrogens with one attached hydrogen (secondary N) is 1. The van der Waals surface area contributed by atoms with Gasteiger partial charge in [-0.25, -0.2) is 4.98 Å². The van der Waals surface area contributed by atoms with E-state index in [2.05, 4.69) is 55.3 Å². The average Bonchev–Trinajstić information content (AvgIpc) is 2.73. The lowest BCUT2D eigenvalue weighted by Gasteiger charge is -2.27. The number of nitrogens with zero attached hydrogens (tertiary/aromatic N) is 1. The molecular formula is C14H19N3S. The molecule has 0 aliphatic heterocycles. The van der Waals surface area contributed by atoms with Crippen LogP contribution in [0.3, 0.4) is 0 Å². The standard InChI is InChI=1S/C14H19N3S/c1-10-5-4-6-11(7-10)14(2,3)17-9-12-8-16-13(15)18-12/h4-8,17H,9H2,1-3H3,(H2,15,16). The van der Waals surface area contributed by atoms with Crippen molar-refractivity contribution in [1.82, 2.24) is 10.3 Å². The number of rotatable bonds is 4. The van der Waals surface area contributed by atoms with Crippen LogP contribution in [0.4, 0.5) is 5.13 Å². The van der Waals surface area contributed by atoms with E-state index >= 15 is 0 Å². The molecule has 1 aromatic heterocycles. The molecule has 3 N–H and O–H groups in total. The van der Waals surface area contributed by atoms with Gasteiger partial charge >= 0.3 is 0 Å². The first-order valence-corrected chi connectivity index (χ1v) is 6.81. The van der Waals surface area contributed by atoms with Crippen LogP contribution >= 0.6 is 11.3 Å². The van der Waals surface area contributed by atoms with Gasteiger partial charge in [0.2, 0.25) is 0 Å². The van der Waals surface area contributed by atoms with E-state index in [4.69, 9.17) is 5.73 Å². The van der Waals surface area contributed by atoms with Gasteiger partial charge in [-0.15, -0.1) is 11.3 Å². The molecule has 0 unspecified atom stereocenters. The smallest absolute Gasteiger partial charge is 0.180 e. The van der Waals surface area contributed by atoms with E-state index in [1.54, 1.807) is 0 Å². The van der Waals surface area contributed by atoms with Gasteiger partial charge in [-0.05, 0) is 26.3 Å². The zero-order chi connectivity index (χ0) is 13.2. The van der Waals surface area contributed by atoms with Crippen molar-refractivity contribution < 1.29 is 0 Å². The van der Waals surface area contributed by atoms with E-state index in [-0.39, 0.29) is 5.54 Å². The predicted molar refractivity (Wildman–Crippen MR) is 77.6 cm³/mol. The van der Waals surface area contributed by atoms with Crippen LogP contribution in [0.5, 0.6) is 0 Å². The highest BCUT2D eigenvalue weighted by molar-refractivity contribution is 7.15. The maximum atomic E-state index is 5.63. The Morgan fingerprint density at radius 1 is 1.39 bits per heavy atom. The van der Waals surface area contributed by atoms with Crippen molar-refractivity contribution in [1.29, 1.82) is 0 Å². The van der Waals surface area contributed by atoms with Crippen LogP contribution in [0.25, 0.3) is 0 Å². The minimum atomic E-state index is -0.0647. The molecular weight excluding hydrogens is 242 g/mol. The summed E-state index contributed by atoms with van der Waals surface area (Å²) in [7, 11) is 0. The number of hydrogen-bond donors (Lipinski definition) is 2. The largest absolute Gasteiger partial charge is 0.375 e. The Bertz CT molecular complexity index is 531. The normalized spacial score (nSPS) is 11.7. The number of nitrogens with two attached hydrogens (primary N) is 1. The lowest BCUT2D eigenvalue weighted by atomic mass is 9.93. The Balaban J connectivity index is 2.07. The summed E-state index contributed by atoms with van der Waals surface area (Å²) in [6, 6.07) is 8.58. The Hall–Kier alpha value is -1.39. The third kappa shape index (κ3) is 3.09. The molecule has 1 heterocycles. The fourth-order valence-corrected chi connectivity index (χ4v) is 2.47. The Morgan fingerprint density at radius 3 is 2.78 bits per heavy atom. The molecule has 0 bridgehead atoms. The van der Waals surface area contributed by atoms with Crippen LogP contribution < -0.4 is 11.1 Å². The summed E-state index contributed by atoms with van der Waals surface area (Å²) >= 11 is 1.53. The lowest BCUT2D eigenvalue weighted by molar-refractivity contribution is 0.403. The van der Waals surface area contributed by atoms with Crippen LogP contribution in [-0.4, -0.2) is 4.98 Å². The summed E-state index contributed by atoms with van der Waals surface area (Å²) in [5.74, 6) is 0. The molecule has 2 aromatic rings. The lowest BCUT2D eigenvalue weighted by Crippen LogP contribution is -2.35. The van der Waals surface area contributed by atoms with E-state index in [0.29, 0.717) is 5.13 Å². The molecule has 0 atom stereocenters. The number of benzene rings is 1. The minimum absolute atomic E-state index is 0.0647. The Labute approximate surface area is 112 Å². The second-order valence-corrected chi connectivity index (χ2v) is 6.16. The molecule has 0 fully saturated rings. The van der Waals surface area contributed by atoms with Crippen LogP contribution in [0, 0.1) is 6.92 Å². The average molecular weight is 261 g/mol. The second kappa shape index (κ2) is 5.08. The highest BCUT2D eigenvalue weighted by Gasteiger charge is 2.19. The summed E-state index contributed by atoms with van der Waals surface area (Å²) in [6.07, 6.45) is 1.83. The molecule has 0 spiro atoms. The van der Waals surface area contributed by atoms with E-state index in [9.17, 15) is 0 Å². The van der Waals surface area contributed by atoms with Gasteiger partial charge < -0.3 is 11.1 Å². The van der Waals surface area contributed by atoms with Gasteiger partial charge in [0.15, 0.2) is 5.13 Å². The SMILES string of the molecule is Cc1cccc(C(C)(C)NCc2cnc(N)s2)c1. The Kier molecular flexibility index (Phi) is 3.68. The number of nitrogen functional groups attached to an aromatic ring is 1. The van der Waals surface area contributed by atoms with Gasteiger partial charge in [0.05, 0.1) is 0 Å². The second-order valence-electron chi connectivity index (χ2n) is 5.01. The molecule has 0 radical (unpaired) electrons.